The Balaban J connectivity index is 1.54. The highest BCUT2D eigenvalue weighted by Crippen LogP contribution is 2.32. The van der Waals surface area contributed by atoms with Crippen LogP contribution in [0.25, 0.3) is 11.1 Å². The fourth-order valence-electron chi connectivity index (χ4n) is 3.53. The second-order valence-electron chi connectivity index (χ2n) is 7.11. The lowest BCUT2D eigenvalue weighted by Gasteiger charge is -2.27. The minimum atomic E-state index is -0.396. The number of hydrogen-bond acceptors (Lipinski definition) is 6. The summed E-state index contributed by atoms with van der Waals surface area (Å²) < 4.78 is 5.87. The number of nitro groups is 1. The van der Waals surface area contributed by atoms with E-state index in [-0.39, 0.29) is 5.69 Å². The zero-order chi connectivity index (χ0) is 20.9. The number of hydrogen-bond donors (Lipinski definition) is 0. The molecule has 30 heavy (non-hydrogen) atoms. The molecule has 0 atom stereocenters. The van der Waals surface area contributed by atoms with E-state index in [9.17, 15) is 10.1 Å². The van der Waals surface area contributed by atoms with E-state index in [2.05, 4.69) is 11.1 Å². The van der Waals surface area contributed by atoms with E-state index in [0.29, 0.717) is 23.0 Å². The number of nitriles is 1. The Hall–Kier alpha value is -3.92. The molecule has 7 nitrogen and oxygen atoms in total. The van der Waals surface area contributed by atoms with Crippen molar-refractivity contribution in [3.8, 4) is 28.8 Å². The molecular formula is C23H20N4O3. The summed E-state index contributed by atoms with van der Waals surface area (Å²) in [6.45, 7) is 1.52. The molecule has 0 unspecified atom stereocenters. The third kappa shape index (κ3) is 4.23. The molecule has 3 aromatic rings. The first-order chi connectivity index (χ1) is 14.6. The van der Waals surface area contributed by atoms with Crippen molar-refractivity contribution in [1.29, 1.82) is 5.26 Å². The Labute approximate surface area is 174 Å². The molecular weight excluding hydrogens is 380 g/mol. The Kier molecular flexibility index (Phi) is 5.57. The Bertz CT molecular complexity index is 1080. The van der Waals surface area contributed by atoms with E-state index in [1.165, 1.54) is 12.1 Å². The molecule has 0 amide bonds. The van der Waals surface area contributed by atoms with Gasteiger partial charge < -0.3 is 9.64 Å². The summed E-state index contributed by atoms with van der Waals surface area (Å²) in [4.78, 5) is 17.4. The van der Waals surface area contributed by atoms with Gasteiger partial charge in [-0.3, -0.25) is 10.1 Å². The van der Waals surface area contributed by atoms with Gasteiger partial charge in [0.15, 0.2) is 0 Å². The van der Waals surface area contributed by atoms with Gasteiger partial charge in [-0.15, -0.1) is 0 Å². The summed E-state index contributed by atoms with van der Waals surface area (Å²) >= 11 is 0. The Morgan fingerprint density at radius 1 is 0.933 bits per heavy atom. The number of aromatic nitrogens is 1. The van der Waals surface area contributed by atoms with E-state index in [1.807, 2.05) is 41.3 Å². The van der Waals surface area contributed by atoms with E-state index in [0.717, 1.165) is 43.5 Å². The van der Waals surface area contributed by atoms with Crippen molar-refractivity contribution in [2.24, 2.45) is 0 Å². The van der Waals surface area contributed by atoms with Crippen molar-refractivity contribution < 1.29 is 9.66 Å². The van der Waals surface area contributed by atoms with Crippen LogP contribution in [0.15, 0.2) is 60.7 Å². The van der Waals surface area contributed by atoms with Gasteiger partial charge >= 0.3 is 5.69 Å². The molecule has 0 N–H and O–H groups in total. The number of anilines is 1. The molecule has 150 valence electrons. The lowest BCUT2D eigenvalue weighted by molar-refractivity contribution is -0.384. The van der Waals surface area contributed by atoms with Crippen molar-refractivity contribution in [3.63, 3.8) is 0 Å². The molecule has 1 fully saturated rings. The molecule has 1 aromatic heterocycles. The molecule has 1 aliphatic rings. The van der Waals surface area contributed by atoms with Gasteiger partial charge in [0, 0.05) is 25.2 Å². The fraction of sp³-hybridized carbons (Fsp3) is 0.217. The van der Waals surface area contributed by atoms with E-state index in [1.54, 1.807) is 12.1 Å². The Morgan fingerprint density at radius 2 is 1.57 bits per heavy atom. The van der Waals surface area contributed by atoms with E-state index >= 15 is 0 Å². The third-order valence-electron chi connectivity index (χ3n) is 5.11. The standard InChI is InChI=1S/C23H20N4O3/c24-16-17-4-6-18(7-5-17)19-8-10-20(11-9-19)30-22-13-12-21(27(28)29)23(25-22)26-14-2-1-3-15-26/h4-13H,1-3,14-15H2. The maximum atomic E-state index is 11.4. The summed E-state index contributed by atoms with van der Waals surface area (Å²) in [6, 6.07) is 20.0. The van der Waals surface area contributed by atoms with Crippen LogP contribution in [-0.2, 0) is 0 Å². The topological polar surface area (TPSA) is 92.3 Å². The molecule has 2 heterocycles. The van der Waals surface area contributed by atoms with Crippen LogP contribution in [-0.4, -0.2) is 23.0 Å². The van der Waals surface area contributed by atoms with Crippen LogP contribution in [0, 0.1) is 21.4 Å². The van der Waals surface area contributed by atoms with Gasteiger partial charge in [-0.2, -0.15) is 10.2 Å². The van der Waals surface area contributed by atoms with Crippen LogP contribution in [0.1, 0.15) is 24.8 Å². The monoisotopic (exact) mass is 400 g/mol. The smallest absolute Gasteiger partial charge is 0.311 e. The maximum Gasteiger partial charge on any atom is 0.311 e. The Morgan fingerprint density at radius 3 is 2.17 bits per heavy atom. The zero-order valence-corrected chi connectivity index (χ0v) is 16.3. The van der Waals surface area contributed by atoms with Gasteiger partial charge in [-0.05, 0) is 54.7 Å². The maximum absolute atomic E-state index is 11.4. The highest BCUT2D eigenvalue weighted by atomic mass is 16.6. The van der Waals surface area contributed by atoms with Gasteiger partial charge in [0.05, 0.1) is 16.6 Å². The summed E-state index contributed by atoms with van der Waals surface area (Å²) in [5.74, 6) is 1.29. The van der Waals surface area contributed by atoms with Crippen molar-refractivity contribution in [1.82, 2.24) is 4.98 Å². The van der Waals surface area contributed by atoms with Crippen LogP contribution in [0.3, 0.4) is 0 Å². The minimum Gasteiger partial charge on any atom is -0.439 e. The lowest BCUT2D eigenvalue weighted by Crippen LogP contribution is -2.30. The summed E-state index contributed by atoms with van der Waals surface area (Å²) in [5, 5.41) is 20.3. The van der Waals surface area contributed by atoms with Crippen LogP contribution in [0.5, 0.6) is 11.6 Å². The number of piperidine rings is 1. The summed E-state index contributed by atoms with van der Waals surface area (Å²) in [6.07, 6.45) is 3.13. The normalized spacial score (nSPS) is 13.5. The number of pyridine rings is 1. The zero-order valence-electron chi connectivity index (χ0n) is 16.3. The fourth-order valence-corrected chi connectivity index (χ4v) is 3.53. The number of benzene rings is 2. The first-order valence-electron chi connectivity index (χ1n) is 9.83. The van der Waals surface area contributed by atoms with Crippen LogP contribution < -0.4 is 9.64 Å². The predicted octanol–water partition coefficient (Wildman–Crippen LogP) is 5.31. The molecule has 0 radical (unpaired) electrons. The molecule has 0 spiro atoms. The number of rotatable bonds is 5. The predicted molar refractivity (Wildman–Crippen MR) is 114 cm³/mol. The van der Waals surface area contributed by atoms with Crippen molar-refractivity contribution in [2.45, 2.75) is 19.3 Å². The molecule has 7 heteroatoms. The second-order valence-corrected chi connectivity index (χ2v) is 7.11. The van der Waals surface area contributed by atoms with Gasteiger partial charge in [-0.25, -0.2) is 0 Å². The van der Waals surface area contributed by atoms with E-state index < -0.39 is 4.92 Å². The highest BCUT2D eigenvalue weighted by molar-refractivity contribution is 5.65. The van der Waals surface area contributed by atoms with Crippen LogP contribution in [0.4, 0.5) is 11.5 Å². The van der Waals surface area contributed by atoms with Crippen LogP contribution >= 0.6 is 0 Å². The summed E-state index contributed by atoms with van der Waals surface area (Å²) in [7, 11) is 0. The largest absolute Gasteiger partial charge is 0.439 e. The number of ether oxygens (including phenoxy) is 1. The molecule has 0 saturated carbocycles. The average Bonchev–Trinajstić information content (AvgIpc) is 2.80. The first-order valence-corrected chi connectivity index (χ1v) is 9.83. The molecule has 0 bridgehead atoms. The minimum absolute atomic E-state index is 0.000383. The van der Waals surface area contributed by atoms with Gasteiger partial charge in [0.25, 0.3) is 0 Å². The van der Waals surface area contributed by atoms with Crippen molar-refractivity contribution in [2.75, 3.05) is 18.0 Å². The molecule has 2 aromatic carbocycles. The van der Waals surface area contributed by atoms with Gasteiger partial charge in [0.2, 0.25) is 11.7 Å². The van der Waals surface area contributed by atoms with Crippen molar-refractivity contribution >= 4 is 11.5 Å². The van der Waals surface area contributed by atoms with Gasteiger partial charge in [-0.1, -0.05) is 24.3 Å². The average molecular weight is 400 g/mol. The van der Waals surface area contributed by atoms with E-state index in [4.69, 9.17) is 10.00 Å². The SMILES string of the molecule is N#Cc1ccc(-c2ccc(Oc3ccc([N+](=O)[O-])c(N4CCCCC4)n3)cc2)cc1. The second kappa shape index (κ2) is 8.62. The molecule has 1 aliphatic heterocycles. The van der Waals surface area contributed by atoms with Crippen molar-refractivity contribution in [3.05, 3.63) is 76.3 Å². The molecule has 4 rings (SSSR count). The van der Waals surface area contributed by atoms with Gasteiger partial charge in [0.1, 0.15) is 5.75 Å². The molecule has 0 aliphatic carbocycles. The summed E-state index contributed by atoms with van der Waals surface area (Å²) in [5.41, 5.74) is 2.62. The highest BCUT2D eigenvalue weighted by Gasteiger charge is 2.23. The lowest BCUT2D eigenvalue weighted by atomic mass is 10.0. The van der Waals surface area contributed by atoms with Crippen LogP contribution in [0.2, 0.25) is 0 Å². The third-order valence-corrected chi connectivity index (χ3v) is 5.11. The molecule has 1 saturated heterocycles. The number of nitrogens with zero attached hydrogens (tertiary/aromatic N) is 4. The quantitative estimate of drug-likeness (QED) is 0.426. The first kappa shape index (κ1) is 19.4.